The van der Waals surface area contributed by atoms with Crippen LogP contribution in [-0.2, 0) is 38.3 Å². The quantitative estimate of drug-likeness (QED) is 0.133. The van der Waals surface area contributed by atoms with Crippen molar-refractivity contribution in [1.82, 2.24) is 9.88 Å². The van der Waals surface area contributed by atoms with Gasteiger partial charge in [0.15, 0.2) is 5.96 Å². The lowest BCUT2D eigenvalue weighted by atomic mass is 10.1. The number of benzene rings is 1. The van der Waals surface area contributed by atoms with Crippen molar-refractivity contribution in [2.24, 2.45) is 16.5 Å². The van der Waals surface area contributed by atoms with Crippen molar-refractivity contribution in [1.29, 1.82) is 0 Å². The van der Waals surface area contributed by atoms with Crippen LogP contribution in [0.3, 0.4) is 0 Å². The summed E-state index contributed by atoms with van der Waals surface area (Å²) in [4.78, 5) is 40.7. The van der Waals surface area contributed by atoms with Gasteiger partial charge in [0.1, 0.15) is 18.5 Å². The van der Waals surface area contributed by atoms with Gasteiger partial charge in [-0.15, -0.1) is 0 Å². The van der Waals surface area contributed by atoms with Gasteiger partial charge in [-0.2, -0.15) is 0 Å². The zero-order valence-electron chi connectivity index (χ0n) is 18.9. The van der Waals surface area contributed by atoms with Crippen LogP contribution in [0.4, 0.5) is 5.69 Å². The summed E-state index contributed by atoms with van der Waals surface area (Å²) in [6.45, 7) is 1.75. The summed E-state index contributed by atoms with van der Waals surface area (Å²) >= 11 is 0. The van der Waals surface area contributed by atoms with Gasteiger partial charge in [-0.3, -0.25) is 19.3 Å². The number of aryl methyl sites for hydroxylation is 1. The van der Waals surface area contributed by atoms with E-state index in [-0.39, 0.29) is 23.9 Å². The molecule has 0 saturated carbocycles. The molecule has 184 valence electrons. The molecule has 0 aliphatic rings. The van der Waals surface area contributed by atoms with Gasteiger partial charge < -0.3 is 26.1 Å². The second-order valence-corrected chi connectivity index (χ2v) is 9.31. The molecule has 2 rings (SSSR count). The fourth-order valence-corrected chi connectivity index (χ4v) is 4.46. The second-order valence-electron chi connectivity index (χ2n) is 7.59. The first kappa shape index (κ1) is 26.6. The molecule has 0 bridgehead atoms. The number of amides is 1. The molecule has 1 aromatic heterocycles. The highest BCUT2D eigenvalue weighted by atomic mass is 32.2. The van der Waals surface area contributed by atoms with Crippen LogP contribution in [0.2, 0.25) is 0 Å². The Balaban J connectivity index is 2.13. The van der Waals surface area contributed by atoms with Crippen LogP contribution in [0, 0.1) is 0 Å². The predicted octanol–water partition coefficient (Wildman–Crippen LogP) is 0.0899. The largest absolute Gasteiger partial charge is 0.370 e. The molecule has 1 amide bonds. The lowest BCUT2D eigenvalue weighted by Crippen LogP contribution is -2.41. The van der Waals surface area contributed by atoms with Gasteiger partial charge in [-0.1, -0.05) is 37.3 Å². The van der Waals surface area contributed by atoms with E-state index in [0.717, 1.165) is 0 Å². The number of aldehydes is 1. The smallest absolute Gasteiger partial charge is 0.275 e. The Hall–Kier alpha value is -3.67. The first-order chi connectivity index (χ1) is 16.1. The standard InChI is InChI=1S/C22H30N6O5S/c1-2-18-10-11-19(27-34(32,33)15-16-7-4-3-5-8-16)21(31)28(18)13-20(30)26-17(14-29)9-6-12-25-22(23)24/h3-5,7-8,10-11,14,17,27H,2,6,9,12-13,15H2,1H3,(H,26,30)(H4,23,24,25)/t17-/m0/s1. The number of hydrogen-bond donors (Lipinski definition) is 4. The summed E-state index contributed by atoms with van der Waals surface area (Å²) in [5.41, 5.74) is 10.8. The van der Waals surface area contributed by atoms with Gasteiger partial charge in [-0.25, -0.2) is 8.42 Å². The van der Waals surface area contributed by atoms with E-state index in [0.29, 0.717) is 43.4 Å². The Morgan fingerprint density at radius 3 is 2.50 bits per heavy atom. The van der Waals surface area contributed by atoms with Crippen LogP contribution in [0.15, 0.2) is 52.3 Å². The molecule has 11 nitrogen and oxygen atoms in total. The Morgan fingerprint density at radius 2 is 1.88 bits per heavy atom. The Bertz CT molecular complexity index is 1170. The topological polar surface area (TPSA) is 179 Å². The molecule has 0 fully saturated rings. The average Bonchev–Trinajstić information content (AvgIpc) is 2.78. The number of hydrogen-bond acceptors (Lipinski definition) is 6. The van der Waals surface area contributed by atoms with Crippen molar-refractivity contribution in [3.63, 3.8) is 0 Å². The molecule has 0 radical (unpaired) electrons. The number of aliphatic imine (C=N–C) groups is 1. The van der Waals surface area contributed by atoms with Crippen LogP contribution in [0.25, 0.3) is 0 Å². The third kappa shape index (κ3) is 8.35. The lowest BCUT2D eigenvalue weighted by molar-refractivity contribution is -0.124. The first-order valence-electron chi connectivity index (χ1n) is 10.7. The number of nitrogens with one attached hydrogen (secondary N) is 2. The third-order valence-electron chi connectivity index (χ3n) is 4.87. The molecule has 1 aromatic carbocycles. The number of rotatable bonds is 13. The molecule has 12 heteroatoms. The summed E-state index contributed by atoms with van der Waals surface area (Å²) in [5.74, 6) is -0.915. The van der Waals surface area contributed by atoms with Crippen molar-refractivity contribution < 1.29 is 18.0 Å². The summed E-state index contributed by atoms with van der Waals surface area (Å²) in [7, 11) is -3.86. The molecule has 0 aliphatic heterocycles. The van der Waals surface area contributed by atoms with Gasteiger partial charge in [0.2, 0.25) is 15.9 Å². The summed E-state index contributed by atoms with van der Waals surface area (Å²) in [6, 6.07) is 10.8. The van der Waals surface area contributed by atoms with E-state index in [1.54, 1.807) is 43.3 Å². The number of aromatic nitrogens is 1. The van der Waals surface area contributed by atoms with Crippen molar-refractivity contribution in [2.45, 2.75) is 44.5 Å². The van der Waals surface area contributed by atoms with Crippen LogP contribution in [-0.4, -0.2) is 43.7 Å². The molecular formula is C22H30N6O5S. The van der Waals surface area contributed by atoms with Crippen molar-refractivity contribution in [2.75, 3.05) is 11.3 Å². The van der Waals surface area contributed by atoms with Gasteiger partial charge in [-0.05, 0) is 37.0 Å². The maximum absolute atomic E-state index is 13.0. The summed E-state index contributed by atoms with van der Waals surface area (Å²) in [5, 5.41) is 2.57. The Labute approximate surface area is 198 Å². The third-order valence-corrected chi connectivity index (χ3v) is 6.12. The average molecular weight is 491 g/mol. The monoisotopic (exact) mass is 490 g/mol. The van der Waals surface area contributed by atoms with Crippen molar-refractivity contribution in [3.05, 3.63) is 64.1 Å². The van der Waals surface area contributed by atoms with Crippen LogP contribution in [0.5, 0.6) is 0 Å². The highest BCUT2D eigenvalue weighted by Gasteiger charge is 2.18. The number of carbonyl (C=O) groups excluding carboxylic acids is 2. The number of carbonyl (C=O) groups is 2. The second kappa shape index (κ2) is 12.5. The van der Waals surface area contributed by atoms with E-state index >= 15 is 0 Å². The fraction of sp³-hybridized carbons (Fsp3) is 0.364. The molecule has 0 aliphatic carbocycles. The molecular weight excluding hydrogens is 460 g/mol. The van der Waals surface area contributed by atoms with Gasteiger partial charge in [0.05, 0.1) is 11.8 Å². The number of sulfonamides is 1. The minimum Gasteiger partial charge on any atom is -0.370 e. The Kier molecular flexibility index (Phi) is 9.80. The SMILES string of the molecule is CCc1ccc(NS(=O)(=O)Cc2ccccc2)c(=O)n1CC(=O)N[C@H](C=O)CCCN=C(N)N. The fourth-order valence-electron chi connectivity index (χ4n) is 3.26. The van der Waals surface area contributed by atoms with Crippen LogP contribution < -0.4 is 27.1 Å². The first-order valence-corrected chi connectivity index (χ1v) is 12.4. The highest BCUT2D eigenvalue weighted by Crippen LogP contribution is 2.11. The zero-order valence-corrected chi connectivity index (χ0v) is 19.8. The maximum atomic E-state index is 13.0. The van der Waals surface area contributed by atoms with Crippen LogP contribution in [0.1, 0.15) is 31.0 Å². The van der Waals surface area contributed by atoms with E-state index < -0.39 is 27.5 Å². The molecule has 1 heterocycles. The highest BCUT2D eigenvalue weighted by molar-refractivity contribution is 7.91. The molecule has 34 heavy (non-hydrogen) atoms. The van der Waals surface area contributed by atoms with Crippen molar-refractivity contribution in [3.8, 4) is 0 Å². The number of nitrogens with zero attached hydrogens (tertiary/aromatic N) is 2. The molecule has 0 saturated heterocycles. The zero-order chi connectivity index (χ0) is 25.1. The predicted molar refractivity (Wildman–Crippen MR) is 131 cm³/mol. The molecule has 2 aromatic rings. The van der Waals surface area contributed by atoms with Gasteiger partial charge in [0, 0.05) is 12.2 Å². The summed E-state index contributed by atoms with van der Waals surface area (Å²) < 4.78 is 28.6. The van der Waals surface area contributed by atoms with E-state index in [9.17, 15) is 22.8 Å². The number of anilines is 1. The molecule has 6 N–H and O–H groups in total. The number of pyridine rings is 1. The molecule has 1 atom stereocenters. The minimum atomic E-state index is -3.86. The van der Waals surface area contributed by atoms with Gasteiger partial charge in [0.25, 0.3) is 5.56 Å². The van der Waals surface area contributed by atoms with E-state index in [4.69, 9.17) is 11.5 Å². The van der Waals surface area contributed by atoms with E-state index in [1.165, 1.54) is 10.6 Å². The summed E-state index contributed by atoms with van der Waals surface area (Å²) in [6.07, 6.45) is 1.83. The van der Waals surface area contributed by atoms with Crippen molar-refractivity contribution >= 4 is 33.9 Å². The number of nitrogens with two attached hydrogens (primary N) is 2. The van der Waals surface area contributed by atoms with Gasteiger partial charge >= 0.3 is 0 Å². The molecule has 0 spiro atoms. The molecule has 0 unspecified atom stereocenters. The van der Waals surface area contributed by atoms with E-state index in [2.05, 4.69) is 15.0 Å². The minimum absolute atomic E-state index is 0.0579. The Morgan fingerprint density at radius 1 is 1.18 bits per heavy atom. The lowest BCUT2D eigenvalue weighted by Gasteiger charge is -2.16. The van der Waals surface area contributed by atoms with E-state index in [1.807, 2.05) is 0 Å². The number of guanidine groups is 1. The normalized spacial score (nSPS) is 11.9. The maximum Gasteiger partial charge on any atom is 0.275 e. The van der Waals surface area contributed by atoms with Crippen LogP contribution >= 0.6 is 0 Å².